The highest BCUT2D eigenvalue weighted by atomic mass is 16.3. The quantitative estimate of drug-likeness (QED) is 0.523. The van der Waals surface area contributed by atoms with Gasteiger partial charge in [0.25, 0.3) is 0 Å². The summed E-state index contributed by atoms with van der Waals surface area (Å²) in [5, 5.41) is 19.6. The van der Waals surface area contributed by atoms with E-state index in [9.17, 15) is 5.11 Å². The van der Waals surface area contributed by atoms with Crippen molar-refractivity contribution in [1.82, 2.24) is 0 Å². The van der Waals surface area contributed by atoms with Gasteiger partial charge < -0.3 is 5.11 Å². The van der Waals surface area contributed by atoms with Gasteiger partial charge in [0.2, 0.25) is 0 Å². The summed E-state index contributed by atoms with van der Waals surface area (Å²) in [6.07, 6.45) is 13.7. The van der Waals surface area contributed by atoms with Gasteiger partial charge in [-0.25, -0.2) is 0 Å². The van der Waals surface area contributed by atoms with Crippen LogP contribution in [0.25, 0.3) is 0 Å². The Morgan fingerprint density at radius 3 is 2.62 bits per heavy atom. The Balaban J connectivity index is 1.62. The van der Waals surface area contributed by atoms with E-state index in [-0.39, 0.29) is 16.9 Å². The van der Waals surface area contributed by atoms with Crippen LogP contribution in [-0.4, -0.2) is 11.2 Å². The molecule has 0 aromatic rings. The number of nitriles is 1. The van der Waals surface area contributed by atoms with Crippen LogP contribution in [0, 0.1) is 45.3 Å². The Morgan fingerprint density at radius 1 is 1.14 bits per heavy atom. The number of allylic oxidation sites excluding steroid dienone is 4. The standard InChI is InChI=1S/C27H41NO/c1-18(8-6-7-17-28)20-10-11-21-19-9-12-23-25(2,3)24(29)14-16-27(23,5)22(19)13-15-26(20,21)4/h11,18,20,23-24,29H,6-10,12-16H2,1-5H3/t18-,20-,23?,24+,26-,27-/m1/s1. The molecule has 29 heavy (non-hydrogen) atoms. The van der Waals surface area contributed by atoms with Gasteiger partial charge in [-0.05, 0) is 103 Å². The molecule has 0 bridgehead atoms. The topological polar surface area (TPSA) is 44.0 Å². The van der Waals surface area contributed by atoms with Crippen LogP contribution >= 0.6 is 0 Å². The van der Waals surface area contributed by atoms with Gasteiger partial charge in [0.05, 0.1) is 12.2 Å². The minimum Gasteiger partial charge on any atom is -0.393 e. The zero-order valence-electron chi connectivity index (χ0n) is 19.4. The van der Waals surface area contributed by atoms with Crippen molar-refractivity contribution in [3.63, 3.8) is 0 Å². The molecule has 2 nitrogen and oxygen atoms in total. The molecule has 2 heteroatoms. The van der Waals surface area contributed by atoms with Crippen molar-refractivity contribution in [2.45, 2.75) is 105 Å². The first-order valence-electron chi connectivity index (χ1n) is 12.1. The van der Waals surface area contributed by atoms with E-state index >= 15 is 0 Å². The Kier molecular flexibility index (Phi) is 5.30. The highest BCUT2D eigenvalue weighted by molar-refractivity contribution is 5.49. The van der Waals surface area contributed by atoms with Crippen LogP contribution < -0.4 is 0 Å². The number of rotatable bonds is 4. The number of aliphatic hydroxyl groups excluding tert-OH is 1. The molecule has 1 N–H and O–H groups in total. The van der Waals surface area contributed by atoms with Gasteiger partial charge in [-0.15, -0.1) is 0 Å². The van der Waals surface area contributed by atoms with Gasteiger partial charge in [0, 0.05) is 6.42 Å². The summed E-state index contributed by atoms with van der Waals surface area (Å²) in [6, 6.07) is 2.32. The second kappa shape index (κ2) is 7.26. The molecule has 0 radical (unpaired) electrons. The molecule has 4 rings (SSSR count). The number of fused-ring (bicyclic) bond motifs is 4. The molecule has 160 valence electrons. The van der Waals surface area contributed by atoms with Gasteiger partial charge >= 0.3 is 0 Å². The molecule has 0 heterocycles. The van der Waals surface area contributed by atoms with Crippen LogP contribution in [0.15, 0.2) is 22.8 Å². The third-order valence-electron chi connectivity index (χ3n) is 10.1. The molecule has 4 aliphatic carbocycles. The predicted molar refractivity (Wildman–Crippen MR) is 119 cm³/mol. The Hall–Kier alpha value is -1.07. The molecular weight excluding hydrogens is 354 g/mol. The van der Waals surface area contributed by atoms with E-state index < -0.39 is 0 Å². The van der Waals surface area contributed by atoms with Crippen molar-refractivity contribution in [2.24, 2.45) is 34.0 Å². The van der Waals surface area contributed by atoms with Crippen molar-refractivity contribution < 1.29 is 5.11 Å². The highest BCUT2D eigenvalue weighted by Crippen LogP contribution is 2.66. The molecule has 0 aromatic carbocycles. The Bertz CT molecular complexity index is 768. The minimum absolute atomic E-state index is 0.0220. The van der Waals surface area contributed by atoms with Crippen molar-refractivity contribution in [3.8, 4) is 6.07 Å². The number of hydrogen-bond acceptors (Lipinski definition) is 2. The van der Waals surface area contributed by atoms with E-state index in [0.29, 0.717) is 23.7 Å². The zero-order chi connectivity index (χ0) is 21.0. The van der Waals surface area contributed by atoms with Crippen LogP contribution in [0.1, 0.15) is 98.8 Å². The number of aliphatic hydroxyl groups is 1. The van der Waals surface area contributed by atoms with E-state index in [4.69, 9.17) is 5.26 Å². The lowest BCUT2D eigenvalue weighted by atomic mass is 9.46. The first-order chi connectivity index (χ1) is 13.7. The molecule has 0 saturated heterocycles. The third kappa shape index (κ3) is 3.06. The van der Waals surface area contributed by atoms with Crippen LogP contribution in [0.2, 0.25) is 0 Å². The second-order valence-corrected chi connectivity index (χ2v) is 11.7. The minimum atomic E-state index is -0.152. The maximum absolute atomic E-state index is 10.7. The molecule has 4 aliphatic rings. The van der Waals surface area contributed by atoms with Crippen molar-refractivity contribution in [1.29, 1.82) is 5.26 Å². The van der Waals surface area contributed by atoms with Crippen LogP contribution in [-0.2, 0) is 0 Å². The molecule has 1 unspecified atom stereocenters. The van der Waals surface area contributed by atoms with Crippen molar-refractivity contribution >= 4 is 0 Å². The van der Waals surface area contributed by atoms with Gasteiger partial charge in [-0.1, -0.05) is 46.3 Å². The highest BCUT2D eigenvalue weighted by Gasteiger charge is 2.57. The summed E-state index contributed by atoms with van der Waals surface area (Å²) in [5.41, 5.74) is 5.80. The smallest absolute Gasteiger partial charge is 0.0621 e. The van der Waals surface area contributed by atoms with Crippen molar-refractivity contribution in [2.75, 3.05) is 0 Å². The summed E-state index contributed by atoms with van der Waals surface area (Å²) >= 11 is 0. The predicted octanol–water partition coefficient (Wildman–Crippen LogP) is 6.96. The second-order valence-electron chi connectivity index (χ2n) is 11.7. The van der Waals surface area contributed by atoms with Crippen LogP contribution in [0.3, 0.4) is 0 Å². The molecule has 1 saturated carbocycles. The average Bonchev–Trinajstić information content (AvgIpc) is 3.02. The fourth-order valence-electron chi connectivity index (χ4n) is 8.28. The summed E-state index contributed by atoms with van der Waals surface area (Å²) in [7, 11) is 0. The van der Waals surface area contributed by atoms with Crippen LogP contribution in [0.5, 0.6) is 0 Å². The fraction of sp³-hybridized carbons (Fsp3) is 0.815. The Morgan fingerprint density at radius 2 is 1.90 bits per heavy atom. The molecule has 6 atom stereocenters. The Labute approximate surface area is 178 Å². The van der Waals surface area contributed by atoms with E-state index in [2.05, 4.69) is 46.8 Å². The molecular formula is C27H41NO. The SMILES string of the molecule is C[C@H](CCCC#N)[C@H]1CC=C2C3=C(CC[C@@]21C)[C@@]1(C)CC[C@H](O)C(C)(C)C1CC3. The lowest BCUT2D eigenvalue weighted by Gasteiger charge is -2.59. The first-order valence-corrected chi connectivity index (χ1v) is 12.1. The average molecular weight is 396 g/mol. The number of hydrogen-bond donors (Lipinski definition) is 1. The van der Waals surface area contributed by atoms with E-state index in [0.717, 1.165) is 25.2 Å². The number of unbranched alkanes of at least 4 members (excludes halogenated alkanes) is 1. The maximum Gasteiger partial charge on any atom is 0.0621 e. The van der Waals surface area contributed by atoms with Gasteiger partial charge in [-0.3, -0.25) is 0 Å². The zero-order valence-corrected chi connectivity index (χ0v) is 19.4. The summed E-state index contributed by atoms with van der Waals surface area (Å²) < 4.78 is 0. The normalized spacial score (nSPS) is 41.7. The van der Waals surface area contributed by atoms with Crippen molar-refractivity contribution in [3.05, 3.63) is 22.8 Å². The summed E-state index contributed by atoms with van der Waals surface area (Å²) in [6.45, 7) is 12.1. The fourth-order valence-corrected chi connectivity index (χ4v) is 8.28. The molecule has 1 fully saturated rings. The molecule has 0 amide bonds. The monoisotopic (exact) mass is 395 g/mol. The maximum atomic E-state index is 10.7. The van der Waals surface area contributed by atoms with Crippen LogP contribution in [0.4, 0.5) is 0 Å². The summed E-state index contributed by atoms with van der Waals surface area (Å²) in [5.74, 6) is 2.03. The lowest BCUT2D eigenvalue weighted by molar-refractivity contribution is -0.0905. The van der Waals surface area contributed by atoms with Gasteiger partial charge in [0.15, 0.2) is 0 Å². The molecule has 0 spiro atoms. The third-order valence-corrected chi connectivity index (χ3v) is 10.1. The van der Waals surface area contributed by atoms with E-state index in [1.165, 1.54) is 38.5 Å². The molecule has 0 aliphatic heterocycles. The van der Waals surface area contributed by atoms with E-state index in [1.54, 1.807) is 16.7 Å². The lowest BCUT2D eigenvalue weighted by Crippen LogP contribution is -2.53. The number of nitrogens with zero attached hydrogens (tertiary/aromatic N) is 1. The van der Waals surface area contributed by atoms with Gasteiger partial charge in [-0.2, -0.15) is 5.26 Å². The van der Waals surface area contributed by atoms with E-state index in [1.807, 2.05) is 0 Å². The largest absolute Gasteiger partial charge is 0.393 e. The summed E-state index contributed by atoms with van der Waals surface area (Å²) in [4.78, 5) is 0. The molecule has 0 aromatic heterocycles. The first kappa shape index (κ1) is 21.2. The van der Waals surface area contributed by atoms with Gasteiger partial charge in [0.1, 0.15) is 0 Å².